The van der Waals surface area contributed by atoms with Crippen LogP contribution >= 0.6 is 0 Å². The molecule has 65 heavy (non-hydrogen) atoms. The largest absolute Gasteiger partial charge is 0.309 e. The second-order valence-electron chi connectivity index (χ2n) is 18.3. The van der Waals surface area contributed by atoms with Gasteiger partial charge in [0.05, 0.1) is 22.1 Å². The fourth-order valence-electron chi connectivity index (χ4n) is 11.8. The number of aromatic nitrogens is 4. The summed E-state index contributed by atoms with van der Waals surface area (Å²) in [6, 6.07) is 75.3. The van der Waals surface area contributed by atoms with E-state index >= 15 is 0 Å². The lowest BCUT2D eigenvalue weighted by Crippen LogP contribution is -2.33. The van der Waals surface area contributed by atoms with E-state index in [9.17, 15) is 0 Å². The van der Waals surface area contributed by atoms with Gasteiger partial charge in [0.1, 0.15) is 0 Å². The first-order valence-corrected chi connectivity index (χ1v) is 22.5. The van der Waals surface area contributed by atoms with Crippen LogP contribution in [0, 0.1) is 0 Å². The Hall–Kier alpha value is -8.21. The molecule has 9 aromatic carbocycles. The number of nitrogens with zero attached hydrogens (tertiary/aromatic N) is 4. The Bertz CT molecular complexity index is 3770. The van der Waals surface area contributed by atoms with Crippen LogP contribution < -0.4 is 0 Å². The summed E-state index contributed by atoms with van der Waals surface area (Å²) in [5, 5.41) is 2.48. The molecule has 0 saturated carbocycles. The van der Waals surface area contributed by atoms with Gasteiger partial charge >= 0.3 is 0 Å². The maximum absolute atomic E-state index is 5.24. The molecule has 0 bridgehead atoms. The van der Waals surface area contributed by atoms with Gasteiger partial charge in [0.2, 0.25) is 0 Å². The van der Waals surface area contributed by atoms with Gasteiger partial charge in [-0.1, -0.05) is 190 Å². The van der Waals surface area contributed by atoms with Crippen LogP contribution in [0.5, 0.6) is 0 Å². The molecule has 0 radical (unpaired) electrons. The first kappa shape index (κ1) is 36.3. The average Bonchev–Trinajstić information content (AvgIpc) is 3.95. The molecule has 0 N–H and O–H groups in total. The fourth-order valence-corrected chi connectivity index (χ4v) is 11.8. The van der Waals surface area contributed by atoms with E-state index in [1.807, 2.05) is 18.2 Å². The molecule has 0 amide bonds. The van der Waals surface area contributed by atoms with Gasteiger partial charge in [-0.05, 0) is 97.1 Å². The molecule has 14 rings (SSSR count). The van der Waals surface area contributed by atoms with Crippen LogP contribution in [0.2, 0.25) is 0 Å². The zero-order valence-electron chi connectivity index (χ0n) is 35.9. The first-order valence-electron chi connectivity index (χ1n) is 22.5. The molecule has 2 aliphatic carbocycles. The van der Waals surface area contributed by atoms with Gasteiger partial charge in [0.25, 0.3) is 0 Å². The molecule has 4 heteroatoms. The van der Waals surface area contributed by atoms with Crippen molar-refractivity contribution in [3.8, 4) is 73.2 Å². The summed E-state index contributed by atoms with van der Waals surface area (Å²) < 4.78 is 2.51. The van der Waals surface area contributed by atoms with E-state index in [-0.39, 0.29) is 5.41 Å². The Morgan fingerprint density at radius 3 is 1.58 bits per heavy atom. The van der Waals surface area contributed by atoms with Crippen molar-refractivity contribution < 1.29 is 0 Å². The molecule has 1 aliphatic heterocycles. The highest BCUT2D eigenvalue weighted by atomic mass is 15.0. The molecule has 11 aromatic rings. The maximum Gasteiger partial charge on any atom is 0.164 e. The molecule has 4 nitrogen and oxygen atoms in total. The van der Waals surface area contributed by atoms with Crippen LogP contribution in [-0.2, 0) is 10.8 Å². The van der Waals surface area contributed by atoms with Crippen LogP contribution in [0.15, 0.2) is 206 Å². The summed E-state index contributed by atoms with van der Waals surface area (Å²) in [7, 11) is 0. The lowest BCUT2D eigenvalue weighted by Gasteiger charge is -2.39. The number of para-hydroxylation sites is 2. The number of fused-ring (bicyclic) bond motifs is 15. The number of hydrogen-bond acceptors (Lipinski definition) is 3. The molecule has 0 saturated heterocycles. The van der Waals surface area contributed by atoms with E-state index in [2.05, 4.69) is 206 Å². The lowest BCUT2D eigenvalue weighted by molar-refractivity contribution is 0.660. The molecule has 0 atom stereocenters. The van der Waals surface area contributed by atoms with Crippen molar-refractivity contribution in [1.82, 2.24) is 19.5 Å². The summed E-state index contributed by atoms with van der Waals surface area (Å²) >= 11 is 0. The molecule has 304 valence electrons. The fraction of sp³-hybridized carbons (Fsp3) is 0.0656. The van der Waals surface area contributed by atoms with E-state index < -0.39 is 5.41 Å². The predicted molar refractivity (Wildman–Crippen MR) is 264 cm³/mol. The summed E-state index contributed by atoms with van der Waals surface area (Å²) in [5.74, 6) is 1.96. The SMILES string of the molecule is CC1(C)c2ccccc2-c2ccc(-c3nc(-c4ccccc4)nc(-c4cccc(-c5ccc6c(c5)c5cccc7c5n6-c5ccccc5C75c6ccccc6-c6ccccc65)c4)n3)cc21. The minimum absolute atomic E-state index is 0.140. The highest BCUT2D eigenvalue weighted by Crippen LogP contribution is 2.61. The quantitative estimate of drug-likeness (QED) is 0.177. The Morgan fingerprint density at radius 2 is 0.846 bits per heavy atom. The maximum atomic E-state index is 5.24. The summed E-state index contributed by atoms with van der Waals surface area (Å²) in [6.07, 6.45) is 0. The van der Waals surface area contributed by atoms with Crippen molar-refractivity contribution in [2.75, 3.05) is 0 Å². The Balaban J connectivity index is 0.928. The van der Waals surface area contributed by atoms with Crippen molar-refractivity contribution >= 4 is 21.8 Å². The second-order valence-corrected chi connectivity index (χ2v) is 18.3. The molecule has 1 spiro atoms. The minimum atomic E-state index is -0.437. The molecular formula is C61H40N4. The van der Waals surface area contributed by atoms with Gasteiger partial charge in [0, 0.05) is 32.9 Å². The van der Waals surface area contributed by atoms with Crippen LogP contribution in [0.4, 0.5) is 0 Å². The van der Waals surface area contributed by atoms with E-state index in [0.717, 1.165) is 27.8 Å². The third kappa shape index (κ3) is 4.88. The van der Waals surface area contributed by atoms with Crippen molar-refractivity contribution in [1.29, 1.82) is 0 Å². The van der Waals surface area contributed by atoms with Crippen molar-refractivity contribution in [2.24, 2.45) is 0 Å². The Morgan fingerprint density at radius 1 is 0.338 bits per heavy atom. The molecule has 0 fully saturated rings. The first-order chi connectivity index (χ1) is 32.0. The predicted octanol–water partition coefficient (Wildman–Crippen LogP) is 14.6. The molecule has 0 unspecified atom stereocenters. The van der Waals surface area contributed by atoms with Crippen LogP contribution in [0.1, 0.15) is 47.2 Å². The van der Waals surface area contributed by atoms with Gasteiger partial charge in [-0.15, -0.1) is 0 Å². The minimum Gasteiger partial charge on any atom is -0.309 e. The normalized spacial score (nSPS) is 14.2. The van der Waals surface area contributed by atoms with Crippen LogP contribution in [-0.4, -0.2) is 19.5 Å². The van der Waals surface area contributed by atoms with E-state index in [1.165, 1.54) is 83.1 Å². The zero-order valence-corrected chi connectivity index (χ0v) is 35.9. The second kappa shape index (κ2) is 13.2. The highest BCUT2D eigenvalue weighted by molar-refractivity contribution is 6.14. The smallest absolute Gasteiger partial charge is 0.164 e. The number of hydrogen-bond donors (Lipinski definition) is 0. The monoisotopic (exact) mass is 828 g/mol. The van der Waals surface area contributed by atoms with E-state index in [0.29, 0.717) is 17.5 Å². The third-order valence-corrected chi connectivity index (χ3v) is 14.7. The lowest BCUT2D eigenvalue weighted by atomic mass is 9.65. The summed E-state index contributed by atoms with van der Waals surface area (Å²) in [5.41, 5.74) is 21.4. The van der Waals surface area contributed by atoms with Crippen molar-refractivity contribution in [3.63, 3.8) is 0 Å². The van der Waals surface area contributed by atoms with Gasteiger partial charge in [-0.2, -0.15) is 0 Å². The van der Waals surface area contributed by atoms with E-state index in [1.54, 1.807) is 0 Å². The molecular weight excluding hydrogens is 789 g/mol. The van der Waals surface area contributed by atoms with E-state index in [4.69, 9.17) is 15.0 Å². The Labute approximate surface area is 377 Å². The third-order valence-electron chi connectivity index (χ3n) is 14.7. The van der Waals surface area contributed by atoms with Crippen LogP contribution in [0.25, 0.3) is 95.0 Å². The van der Waals surface area contributed by atoms with Gasteiger partial charge in [-0.25, -0.2) is 15.0 Å². The zero-order chi connectivity index (χ0) is 43.0. The molecule has 2 aromatic heterocycles. The summed E-state index contributed by atoms with van der Waals surface area (Å²) in [4.78, 5) is 15.5. The van der Waals surface area contributed by atoms with Gasteiger partial charge < -0.3 is 4.57 Å². The number of benzene rings is 9. The summed E-state index contributed by atoms with van der Waals surface area (Å²) in [6.45, 7) is 4.62. The van der Waals surface area contributed by atoms with Crippen molar-refractivity contribution in [2.45, 2.75) is 24.7 Å². The molecule has 3 heterocycles. The highest BCUT2D eigenvalue weighted by Gasteiger charge is 2.50. The van der Waals surface area contributed by atoms with Crippen molar-refractivity contribution in [3.05, 3.63) is 240 Å². The topological polar surface area (TPSA) is 43.6 Å². The Kier molecular flexibility index (Phi) is 7.35. The van der Waals surface area contributed by atoms with Gasteiger partial charge in [0.15, 0.2) is 17.5 Å². The number of rotatable bonds is 4. The molecule has 3 aliphatic rings. The van der Waals surface area contributed by atoms with Gasteiger partial charge in [-0.3, -0.25) is 0 Å². The van der Waals surface area contributed by atoms with Crippen LogP contribution in [0.3, 0.4) is 0 Å². The standard InChI is InChI=1S/C61H40N4/c1-60(2)48-24-9-6-20-42(48)45-32-30-41(36-53(45)60)59-63-57(37-16-4-3-5-17-37)62-58(64-59)40-19-14-18-38(34-40)39-31-33-54-47(35-39)46-23-15-28-52-56(46)65(54)55-29-13-12-27-51(55)61(52)49-25-10-7-21-43(49)44-22-8-11-26-50(44)61/h3-36H,1-2H3. The average molecular weight is 829 g/mol.